The standard InChI is InChI=1S/C26H37N/c1-2-3-4-6-21-8-12-23(13-9-21)25-16-18-26(19-17-25)24-14-10-22(11-15-24)7-5-20-27/h5,7-9,12-13,22,24-26H,2-4,6,10-11,14-19H2,1H3. The molecule has 2 saturated carbocycles. The minimum Gasteiger partial charge on any atom is -0.193 e. The van der Waals surface area contributed by atoms with Crippen LogP contribution < -0.4 is 0 Å². The van der Waals surface area contributed by atoms with E-state index >= 15 is 0 Å². The zero-order valence-electron chi connectivity index (χ0n) is 17.2. The highest BCUT2D eigenvalue weighted by molar-refractivity contribution is 5.26. The molecular weight excluding hydrogens is 326 g/mol. The lowest BCUT2D eigenvalue weighted by Gasteiger charge is -2.37. The van der Waals surface area contributed by atoms with Crippen LogP contribution in [0.15, 0.2) is 36.4 Å². The first-order valence-corrected chi connectivity index (χ1v) is 11.4. The summed E-state index contributed by atoms with van der Waals surface area (Å²) in [6, 6.07) is 11.7. The van der Waals surface area contributed by atoms with Gasteiger partial charge >= 0.3 is 0 Å². The second kappa shape index (κ2) is 10.7. The lowest BCUT2D eigenvalue weighted by atomic mass is 9.68. The molecule has 1 heteroatoms. The molecular formula is C26H37N. The fourth-order valence-electron chi connectivity index (χ4n) is 5.45. The number of rotatable bonds is 7. The first-order valence-electron chi connectivity index (χ1n) is 11.4. The summed E-state index contributed by atoms with van der Waals surface area (Å²) in [5, 5.41) is 8.70. The van der Waals surface area contributed by atoms with Crippen molar-refractivity contribution in [1.29, 1.82) is 5.26 Å². The van der Waals surface area contributed by atoms with Crippen molar-refractivity contribution >= 4 is 0 Å². The Hall–Kier alpha value is -1.55. The quantitative estimate of drug-likeness (QED) is 0.362. The Morgan fingerprint density at radius 1 is 0.889 bits per heavy atom. The molecule has 0 bridgehead atoms. The van der Waals surface area contributed by atoms with Crippen molar-refractivity contribution in [2.24, 2.45) is 17.8 Å². The minimum atomic E-state index is 0.660. The van der Waals surface area contributed by atoms with E-state index in [0.717, 1.165) is 17.8 Å². The minimum absolute atomic E-state index is 0.660. The van der Waals surface area contributed by atoms with Crippen LogP contribution in [0.4, 0.5) is 0 Å². The maximum atomic E-state index is 8.70. The number of benzene rings is 1. The van der Waals surface area contributed by atoms with Crippen molar-refractivity contribution in [3.8, 4) is 6.07 Å². The fraction of sp³-hybridized carbons (Fsp3) is 0.654. The van der Waals surface area contributed by atoms with Gasteiger partial charge in [0.2, 0.25) is 0 Å². The van der Waals surface area contributed by atoms with E-state index < -0.39 is 0 Å². The fourth-order valence-corrected chi connectivity index (χ4v) is 5.45. The number of allylic oxidation sites excluding steroid dienone is 2. The molecule has 2 fully saturated rings. The molecule has 0 N–H and O–H groups in total. The lowest BCUT2D eigenvalue weighted by Crippen LogP contribution is -2.25. The Balaban J connectivity index is 1.42. The molecule has 0 atom stereocenters. The molecule has 0 amide bonds. The van der Waals surface area contributed by atoms with E-state index in [1.165, 1.54) is 82.6 Å². The van der Waals surface area contributed by atoms with Crippen LogP contribution in [0.1, 0.15) is 94.6 Å². The molecule has 0 aromatic heterocycles. The van der Waals surface area contributed by atoms with Crippen molar-refractivity contribution in [3.05, 3.63) is 47.5 Å². The highest BCUT2D eigenvalue weighted by Crippen LogP contribution is 2.44. The van der Waals surface area contributed by atoms with Crippen molar-refractivity contribution in [2.75, 3.05) is 0 Å². The molecule has 0 saturated heterocycles. The monoisotopic (exact) mass is 363 g/mol. The molecule has 27 heavy (non-hydrogen) atoms. The zero-order valence-corrected chi connectivity index (χ0v) is 17.2. The van der Waals surface area contributed by atoms with Crippen molar-refractivity contribution < 1.29 is 0 Å². The number of unbranched alkanes of at least 4 members (excludes halogenated alkanes) is 2. The summed E-state index contributed by atoms with van der Waals surface area (Å²) < 4.78 is 0. The number of nitrogens with zero attached hydrogens (tertiary/aromatic N) is 1. The van der Waals surface area contributed by atoms with Gasteiger partial charge in [-0.25, -0.2) is 0 Å². The Labute approximate surface area is 166 Å². The molecule has 2 aliphatic carbocycles. The lowest BCUT2D eigenvalue weighted by molar-refractivity contribution is 0.171. The number of hydrogen-bond donors (Lipinski definition) is 0. The number of aryl methyl sites for hydroxylation is 1. The third-order valence-electron chi connectivity index (χ3n) is 7.22. The van der Waals surface area contributed by atoms with Crippen LogP contribution in [0.2, 0.25) is 0 Å². The number of hydrogen-bond acceptors (Lipinski definition) is 1. The van der Waals surface area contributed by atoms with Crippen LogP contribution in [0.5, 0.6) is 0 Å². The van der Waals surface area contributed by atoms with Crippen LogP contribution in [0.25, 0.3) is 0 Å². The summed E-state index contributed by atoms with van der Waals surface area (Å²) in [4.78, 5) is 0. The van der Waals surface area contributed by atoms with Gasteiger partial charge in [0.25, 0.3) is 0 Å². The SMILES string of the molecule is CCCCCc1ccc(C2CCC(C3CCC(C=CC#N)CC3)CC2)cc1. The summed E-state index contributed by atoms with van der Waals surface area (Å²) in [5.74, 6) is 3.35. The normalized spacial score (nSPS) is 28.9. The Kier molecular flexibility index (Phi) is 8.00. The molecule has 0 unspecified atom stereocenters. The molecule has 3 rings (SSSR count). The van der Waals surface area contributed by atoms with E-state index in [4.69, 9.17) is 5.26 Å². The highest BCUT2D eigenvalue weighted by atomic mass is 14.4. The zero-order chi connectivity index (χ0) is 18.9. The first kappa shape index (κ1) is 20.2. The van der Waals surface area contributed by atoms with Gasteiger partial charge in [-0.3, -0.25) is 0 Å². The summed E-state index contributed by atoms with van der Waals surface area (Å²) in [7, 11) is 0. The van der Waals surface area contributed by atoms with E-state index in [1.807, 2.05) is 0 Å². The van der Waals surface area contributed by atoms with Gasteiger partial charge in [0.15, 0.2) is 0 Å². The maximum Gasteiger partial charge on any atom is 0.0908 e. The maximum absolute atomic E-state index is 8.70. The number of nitriles is 1. The average molecular weight is 364 g/mol. The molecule has 1 nitrogen and oxygen atoms in total. The van der Waals surface area contributed by atoms with E-state index in [1.54, 1.807) is 11.6 Å². The van der Waals surface area contributed by atoms with Crippen LogP contribution in [0, 0.1) is 29.1 Å². The highest BCUT2D eigenvalue weighted by Gasteiger charge is 2.30. The molecule has 0 aliphatic heterocycles. The van der Waals surface area contributed by atoms with Crippen molar-refractivity contribution in [1.82, 2.24) is 0 Å². The summed E-state index contributed by atoms with van der Waals surface area (Å²) in [6.07, 6.45) is 20.0. The van der Waals surface area contributed by atoms with Crippen LogP contribution in [-0.4, -0.2) is 0 Å². The third-order valence-corrected chi connectivity index (χ3v) is 7.22. The third kappa shape index (κ3) is 5.97. The van der Waals surface area contributed by atoms with E-state index in [-0.39, 0.29) is 0 Å². The van der Waals surface area contributed by atoms with Crippen LogP contribution >= 0.6 is 0 Å². The van der Waals surface area contributed by atoms with E-state index in [9.17, 15) is 0 Å². The molecule has 146 valence electrons. The topological polar surface area (TPSA) is 23.8 Å². The summed E-state index contributed by atoms with van der Waals surface area (Å²) in [6.45, 7) is 2.27. The Morgan fingerprint density at radius 2 is 1.52 bits per heavy atom. The Morgan fingerprint density at radius 3 is 2.11 bits per heavy atom. The molecule has 1 aromatic carbocycles. The largest absolute Gasteiger partial charge is 0.193 e. The molecule has 2 aliphatic rings. The molecule has 0 radical (unpaired) electrons. The van der Waals surface area contributed by atoms with Crippen LogP contribution in [-0.2, 0) is 6.42 Å². The van der Waals surface area contributed by atoms with Gasteiger partial charge in [-0.05, 0) is 99.0 Å². The second-order valence-electron chi connectivity index (χ2n) is 8.97. The van der Waals surface area contributed by atoms with Crippen molar-refractivity contribution in [3.63, 3.8) is 0 Å². The van der Waals surface area contributed by atoms with Crippen LogP contribution in [0.3, 0.4) is 0 Å². The predicted octanol–water partition coefficient (Wildman–Crippen LogP) is 7.58. The summed E-state index contributed by atoms with van der Waals surface area (Å²) >= 11 is 0. The summed E-state index contributed by atoms with van der Waals surface area (Å²) in [5.41, 5.74) is 3.10. The van der Waals surface area contributed by atoms with Gasteiger partial charge in [-0.15, -0.1) is 0 Å². The van der Waals surface area contributed by atoms with Crippen molar-refractivity contribution in [2.45, 2.75) is 89.9 Å². The van der Waals surface area contributed by atoms with Gasteiger partial charge in [-0.2, -0.15) is 5.26 Å². The van der Waals surface area contributed by atoms with Gasteiger partial charge < -0.3 is 0 Å². The average Bonchev–Trinajstić information content (AvgIpc) is 2.73. The molecule has 0 spiro atoms. The molecule has 1 aromatic rings. The first-order chi connectivity index (χ1) is 13.3. The second-order valence-corrected chi connectivity index (χ2v) is 8.97. The van der Waals surface area contributed by atoms with E-state index in [2.05, 4.69) is 43.3 Å². The smallest absolute Gasteiger partial charge is 0.0908 e. The van der Waals surface area contributed by atoms with Gasteiger partial charge in [0, 0.05) is 6.08 Å². The van der Waals surface area contributed by atoms with Gasteiger partial charge in [-0.1, -0.05) is 50.1 Å². The molecule has 0 heterocycles. The Bertz CT molecular complexity index is 605. The van der Waals surface area contributed by atoms with Gasteiger partial charge in [0.1, 0.15) is 0 Å². The predicted molar refractivity (Wildman–Crippen MR) is 115 cm³/mol. The van der Waals surface area contributed by atoms with Gasteiger partial charge in [0.05, 0.1) is 6.07 Å². The van der Waals surface area contributed by atoms with E-state index in [0.29, 0.717) is 5.92 Å².